The van der Waals surface area contributed by atoms with Crippen LogP contribution < -0.4 is 5.32 Å². The lowest BCUT2D eigenvalue weighted by Gasteiger charge is -2.39. The van der Waals surface area contributed by atoms with Crippen molar-refractivity contribution in [2.24, 2.45) is 7.05 Å². The van der Waals surface area contributed by atoms with Crippen molar-refractivity contribution < 1.29 is 4.74 Å². The van der Waals surface area contributed by atoms with Crippen molar-refractivity contribution in [1.29, 1.82) is 0 Å². The average molecular weight is 315 g/mol. The lowest BCUT2D eigenvalue weighted by molar-refractivity contribution is -0.0544. The molecule has 2 unspecified atom stereocenters. The van der Waals surface area contributed by atoms with Crippen LogP contribution in [0.1, 0.15) is 25.2 Å². The Hall–Kier alpha value is -0.620. The quantitative estimate of drug-likeness (QED) is 0.897. The van der Waals surface area contributed by atoms with E-state index in [4.69, 9.17) is 16.3 Å². The number of aromatic nitrogens is 2. The molecule has 2 heterocycles. The number of halogens is 1. The number of likely N-dealkylation sites (N-methyl/N-ethyl adjacent to an activating group) is 1. The van der Waals surface area contributed by atoms with Gasteiger partial charge in [-0.05, 0) is 27.8 Å². The van der Waals surface area contributed by atoms with Gasteiger partial charge in [0.05, 0.1) is 29.1 Å². The van der Waals surface area contributed by atoms with E-state index in [1.54, 1.807) is 0 Å². The molecule has 0 aromatic carbocycles. The predicted octanol–water partition coefficient (Wildman–Crippen LogP) is 1.62. The maximum atomic E-state index is 6.37. The van der Waals surface area contributed by atoms with Crippen LogP contribution in [0.5, 0.6) is 0 Å². The molecule has 0 bridgehead atoms. The second-order valence-corrected chi connectivity index (χ2v) is 6.44. The minimum absolute atomic E-state index is 0.178. The lowest BCUT2D eigenvalue weighted by atomic mass is 10.0. The minimum Gasteiger partial charge on any atom is -0.374 e. The van der Waals surface area contributed by atoms with E-state index in [1.807, 2.05) is 25.7 Å². The van der Waals surface area contributed by atoms with Gasteiger partial charge in [0.25, 0.3) is 0 Å². The molecule has 1 fully saturated rings. The molecule has 2 rings (SSSR count). The van der Waals surface area contributed by atoms with Crippen LogP contribution >= 0.6 is 11.6 Å². The van der Waals surface area contributed by atoms with Gasteiger partial charge in [-0.3, -0.25) is 9.58 Å². The topological polar surface area (TPSA) is 42.3 Å². The molecule has 1 aliphatic rings. The molecule has 5 nitrogen and oxygen atoms in total. The average Bonchev–Trinajstić information content (AvgIpc) is 2.70. The van der Waals surface area contributed by atoms with Crippen molar-refractivity contribution in [2.45, 2.75) is 45.4 Å². The zero-order valence-corrected chi connectivity index (χ0v) is 14.4. The molecule has 1 N–H and O–H groups in total. The number of rotatable bonds is 5. The molecule has 2 atom stereocenters. The minimum atomic E-state index is 0.178. The maximum absolute atomic E-state index is 6.37. The Morgan fingerprint density at radius 1 is 1.48 bits per heavy atom. The van der Waals surface area contributed by atoms with Crippen LogP contribution in [0, 0.1) is 6.92 Å². The van der Waals surface area contributed by atoms with Gasteiger partial charge in [0.2, 0.25) is 0 Å². The molecule has 21 heavy (non-hydrogen) atoms. The molecular formula is C15H27ClN4O. The van der Waals surface area contributed by atoms with Crippen molar-refractivity contribution in [3.05, 3.63) is 16.4 Å². The van der Waals surface area contributed by atoms with E-state index in [0.717, 1.165) is 42.5 Å². The van der Waals surface area contributed by atoms with Crippen LogP contribution in [0.3, 0.4) is 0 Å². The highest BCUT2D eigenvalue weighted by atomic mass is 35.5. The van der Waals surface area contributed by atoms with Crippen molar-refractivity contribution in [3.63, 3.8) is 0 Å². The lowest BCUT2D eigenvalue weighted by Crippen LogP contribution is -2.54. The molecule has 0 amide bonds. The summed E-state index contributed by atoms with van der Waals surface area (Å²) in [6, 6.07) is 0.787. The second kappa shape index (κ2) is 7.09. The number of nitrogens with one attached hydrogen (secondary N) is 1. The normalized spacial score (nSPS) is 22.0. The summed E-state index contributed by atoms with van der Waals surface area (Å²) in [6.45, 7) is 9.17. The van der Waals surface area contributed by atoms with Gasteiger partial charge >= 0.3 is 0 Å². The number of morpholine rings is 1. The number of aryl methyl sites for hydroxylation is 2. The summed E-state index contributed by atoms with van der Waals surface area (Å²) >= 11 is 6.37. The van der Waals surface area contributed by atoms with Gasteiger partial charge in [0, 0.05) is 38.6 Å². The van der Waals surface area contributed by atoms with Crippen molar-refractivity contribution in [3.8, 4) is 0 Å². The van der Waals surface area contributed by atoms with Crippen LogP contribution in [0.4, 0.5) is 0 Å². The Morgan fingerprint density at radius 3 is 2.71 bits per heavy atom. The maximum Gasteiger partial charge on any atom is 0.0859 e. The number of ether oxygens (including phenoxy) is 1. The van der Waals surface area contributed by atoms with Crippen LogP contribution in [-0.4, -0.2) is 59.6 Å². The van der Waals surface area contributed by atoms with Crippen molar-refractivity contribution >= 4 is 11.6 Å². The second-order valence-electron chi connectivity index (χ2n) is 6.07. The van der Waals surface area contributed by atoms with Gasteiger partial charge in [-0.2, -0.15) is 5.10 Å². The van der Waals surface area contributed by atoms with Gasteiger partial charge in [-0.15, -0.1) is 0 Å². The molecule has 1 aromatic heterocycles. The van der Waals surface area contributed by atoms with E-state index in [0.29, 0.717) is 6.04 Å². The first-order chi connectivity index (χ1) is 9.93. The highest BCUT2D eigenvalue weighted by molar-refractivity contribution is 6.31. The van der Waals surface area contributed by atoms with Crippen molar-refractivity contribution in [1.82, 2.24) is 20.0 Å². The summed E-state index contributed by atoms with van der Waals surface area (Å²) in [7, 11) is 3.93. The molecule has 0 aliphatic carbocycles. The monoisotopic (exact) mass is 314 g/mol. The third-order valence-corrected chi connectivity index (χ3v) is 4.84. The first-order valence-corrected chi connectivity index (χ1v) is 8.02. The van der Waals surface area contributed by atoms with E-state index in [9.17, 15) is 0 Å². The van der Waals surface area contributed by atoms with Crippen LogP contribution in [0.2, 0.25) is 5.02 Å². The van der Waals surface area contributed by atoms with Gasteiger partial charge in [0.15, 0.2) is 0 Å². The van der Waals surface area contributed by atoms with Gasteiger partial charge in [-0.25, -0.2) is 0 Å². The summed E-state index contributed by atoms with van der Waals surface area (Å²) in [4.78, 5) is 2.47. The number of nitrogens with zero attached hydrogens (tertiary/aromatic N) is 3. The Bertz CT molecular complexity index is 474. The van der Waals surface area contributed by atoms with E-state index in [2.05, 4.69) is 29.2 Å². The summed E-state index contributed by atoms with van der Waals surface area (Å²) in [5, 5.41) is 8.56. The highest BCUT2D eigenvalue weighted by Gasteiger charge is 2.29. The van der Waals surface area contributed by atoms with Crippen LogP contribution in [0.25, 0.3) is 0 Å². The highest BCUT2D eigenvalue weighted by Crippen LogP contribution is 2.23. The largest absolute Gasteiger partial charge is 0.374 e. The molecule has 0 saturated carbocycles. The Labute approximate surface area is 132 Å². The molecule has 6 heteroatoms. The molecular weight excluding hydrogens is 288 g/mol. The fourth-order valence-electron chi connectivity index (χ4n) is 2.94. The first-order valence-electron chi connectivity index (χ1n) is 7.65. The fraction of sp³-hybridized carbons (Fsp3) is 0.800. The van der Waals surface area contributed by atoms with E-state index < -0.39 is 0 Å². The van der Waals surface area contributed by atoms with Gasteiger partial charge < -0.3 is 10.1 Å². The van der Waals surface area contributed by atoms with Crippen molar-refractivity contribution in [2.75, 3.05) is 26.7 Å². The zero-order chi connectivity index (χ0) is 15.6. The number of hydrogen-bond donors (Lipinski definition) is 1. The number of hydrogen-bond acceptors (Lipinski definition) is 4. The zero-order valence-electron chi connectivity index (χ0n) is 13.7. The molecule has 120 valence electrons. The molecule has 1 aliphatic heterocycles. The van der Waals surface area contributed by atoms with Gasteiger partial charge in [0.1, 0.15) is 0 Å². The third-order valence-electron chi connectivity index (χ3n) is 4.35. The summed E-state index contributed by atoms with van der Waals surface area (Å²) < 4.78 is 7.87. The smallest absolute Gasteiger partial charge is 0.0859 e. The molecule has 1 saturated heterocycles. The standard InChI is InChI=1S/C15H27ClN4O/c1-10(2)20-6-7-21-14(9-20)12(17-4)8-13-15(16)11(3)18-19(13)5/h10,12,14,17H,6-9H2,1-5H3. The first kappa shape index (κ1) is 16.7. The summed E-state index contributed by atoms with van der Waals surface area (Å²) in [6.07, 6.45) is 1.00. The summed E-state index contributed by atoms with van der Waals surface area (Å²) in [5.41, 5.74) is 1.95. The Morgan fingerprint density at radius 2 is 2.19 bits per heavy atom. The van der Waals surface area contributed by atoms with Gasteiger partial charge in [-0.1, -0.05) is 11.6 Å². The predicted molar refractivity (Wildman–Crippen MR) is 86.0 cm³/mol. The SMILES string of the molecule is CNC(Cc1c(Cl)c(C)nn1C)C1CN(C(C)C)CCO1. The molecule has 1 aromatic rings. The fourth-order valence-corrected chi connectivity index (χ4v) is 3.18. The summed E-state index contributed by atoms with van der Waals surface area (Å²) in [5.74, 6) is 0. The van der Waals surface area contributed by atoms with Crippen LogP contribution in [0.15, 0.2) is 0 Å². The van der Waals surface area contributed by atoms with Crippen LogP contribution in [-0.2, 0) is 18.2 Å². The molecule has 0 radical (unpaired) electrons. The molecule has 0 spiro atoms. The van der Waals surface area contributed by atoms with E-state index in [-0.39, 0.29) is 12.1 Å². The Balaban J connectivity index is 2.09. The third kappa shape index (κ3) is 3.77. The van der Waals surface area contributed by atoms with E-state index >= 15 is 0 Å². The Kier molecular flexibility index (Phi) is 5.66. The van der Waals surface area contributed by atoms with E-state index in [1.165, 1.54) is 0 Å².